The average Bonchev–Trinajstić information content (AvgIpc) is 2.23. The molecular formula is C12H17N3O3. The fourth-order valence-corrected chi connectivity index (χ4v) is 1.92. The van der Waals surface area contributed by atoms with Crippen molar-refractivity contribution in [3.8, 4) is 5.75 Å². The lowest BCUT2D eigenvalue weighted by Crippen LogP contribution is -2.55. The predicted molar refractivity (Wildman–Crippen MR) is 69.0 cm³/mol. The van der Waals surface area contributed by atoms with Crippen molar-refractivity contribution in [2.45, 2.75) is 26.0 Å². The third-order valence-corrected chi connectivity index (χ3v) is 2.78. The Bertz CT molecular complexity index is 456. The van der Waals surface area contributed by atoms with Gasteiger partial charge in [-0.2, -0.15) is 0 Å². The zero-order valence-corrected chi connectivity index (χ0v) is 10.5. The maximum absolute atomic E-state index is 10.9. The Morgan fingerprint density at radius 3 is 2.67 bits per heavy atom. The second-order valence-corrected chi connectivity index (χ2v) is 4.74. The summed E-state index contributed by atoms with van der Waals surface area (Å²) in [7, 11) is 0. The van der Waals surface area contributed by atoms with Crippen molar-refractivity contribution in [1.82, 2.24) is 0 Å². The fraction of sp³-hybridized carbons (Fsp3) is 0.500. The smallest absolute Gasteiger partial charge is 0.311 e. The summed E-state index contributed by atoms with van der Waals surface area (Å²) in [5, 5.41) is 10.9. The molecule has 1 heterocycles. The SMILES string of the molecule is CC(C)Oc1cc(N2CC(N)C2)ccc1[N+](=O)[O-]. The molecular weight excluding hydrogens is 234 g/mol. The molecule has 2 rings (SSSR count). The number of rotatable bonds is 4. The minimum Gasteiger partial charge on any atom is -0.484 e. The third kappa shape index (κ3) is 2.53. The van der Waals surface area contributed by atoms with Crippen molar-refractivity contribution in [3.63, 3.8) is 0 Å². The maximum atomic E-state index is 10.9. The summed E-state index contributed by atoms with van der Waals surface area (Å²) in [6.45, 7) is 5.24. The Balaban J connectivity index is 2.27. The molecule has 6 nitrogen and oxygen atoms in total. The Kier molecular flexibility index (Phi) is 3.38. The molecule has 1 aliphatic rings. The summed E-state index contributed by atoms with van der Waals surface area (Å²) in [5.41, 5.74) is 6.63. The first-order chi connectivity index (χ1) is 8.47. The Morgan fingerprint density at radius 2 is 2.17 bits per heavy atom. The van der Waals surface area contributed by atoms with E-state index in [4.69, 9.17) is 10.5 Å². The Labute approximate surface area is 105 Å². The quantitative estimate of drug-likeness (QED) is 0.648. The molecule has 6 heteroatoms. The van der Waals surface area contributed by atoms with E-state index in [1.54, 1.807) is 12.1 Å². The van der Waals surface area contributed by atoms with Crippen LogP contribution in [0.1, 0.15) is 13.8 Å². The molecule has 0 unspecified atom stereocenters. The van der Waals surface area contributed by atoms with Crippen LogP contribution in [0.15, 0.2) is 18.2 Å². The molecule has 0 bridgehead atoms. The van der Waals surface area contributed by atoms with Gasteiger partial charge in [0.1, 0.15) is 0 Å². The lowest BCUT2D eigenvalue weighted by molar-refractivity contribution is -0.386. The van der Waals surface area contributed by atoms with Gasteiger partial charge in [-0.3, -0.25) is 10.1 Å². The van der Waals surface area contributed by atoms with Crippen LogP contribution < -0.4 is 15.4 Å². The molecule has 0 amide bonds. The van der Waals surface area contributed by atoms with E-state index in [0.29, 0.717) is 5.75 Å². The second-order valence-electron chi connectivity index (χ2n) is 4.74. The van der Waals surface area contributed by atoms with Gasteiger partial charge in [0.05, 0.1) is 11.0 Å². The van der Waals surface area contributed by atoms with Gasteiger partial charge >= 0.3 is 5.69 Å². The van der Waals surface area contributed by atoms with E-state index in [9.17, 15) is 10.1 Å². The zero-order chi connectivity index (χ0) is 13.3. The molecule has 2 N–H and O–H groups in total. The number of ether oxygens (including phenoxy) is 1. The van der Waals surface area contributed by atoms with E-state index in [2.05, 4.69) is 4.90 Å². The number of hydrogen-bond acceptors (Lipinski definition) is 5. The second kappa shape index (κ2) is 4.81. The molecule has 1 saturated heterocycles. The molecule has 0 radical (unpaired) electrons. The highest BCUT2D eigenvalue weighted by molar-refractivity contribution is 5.60. The maximum Gasteiger partial charge on any atom is 0.311 e. The molecule has 0 saturated carbocycles. The molecule has 0 spiro atoms. The summed E-state index contributed by atoms with van der Waals surface area (Å²) < 4.78 is 5.49. The first-order valence-electron chi connectivity index (χ1n) is 5.93. The first kappa shape index (κ1) is 12.6. The van der Waals surface area contributed by atoms with Crippen LogP contribution in [0.25, 0.3) is 0 Å². The van der Waals surface area contributed by atoms with Crippen molar-refractivity contribution in [2.75, 3.05) is 18.0 Å². The summed E-state index contributed by atoms with van der Waals surface area (Å²) in [6.07, 6.45) is -0.0994. The van der Waals surface area contributed by atoms with Gasteiger partial charge in [0.15, 0.2) is 5.75 Å². The largest absolute Gasteiger partial charge is 0.484 e. The van der Waals surface area contributed by atoms with Gasteiger partial charge in [0.2, 0.25) is 0 Å². The molecule has 1 aromatic carbocycles. The normalized spacial score (nSPS) is 15.7. The summed E-state index contributed by atoms with van der Waals surface area (Å²) in [6, 6.07) is 5.12. The van der Waals surface area contributed by atoms with E-state index >= 15 is 0 Å². The molecule has 0 atom stereocenters. The number of nitro benzene ring substituents is 1. The van der Waals surface area contributed by atoms with E-state index in [1.165, 1.54) is 6.07 Å². The van der Waals surface area contributed by atoms with Crippen molar-refractivity contribution in [3.05, 3.63) is 28.3 Å². The van der Waals surface area contributed by atoms with Crippen LogP contribution in [-0.4, -0.2) is 30.2 Å². The first-order valence-corrected chi connectivity index (χ1v) is 5.93. The summed E-state index contributed by atoms with van der Waals surface area (Å²) in [5.74, 6) is 0.313. The van der Waals surface area contributed by atoms with Crippen molar-refractivity contribution in [2.24, 2.45) is 5.73 Å². The topological polar surface area (TPSA) is 81.6 Å². The van der Waals surface area contributed by atoms with E-state index in [1.807, 2.05) is 13.8 Å². The minimum atomic E-state index is -0.427. The van der Waals surface area contributed by atoms with Crippen LogP contribution in [0.5, 0.6) is 5.75 Å². The average molecular weight is 251 g/mol. The molecule has 1 fully saturated rings. The molecule has 98 valence electrons. The van der Waals surface area contributed by atoms with Crippen molar-refractivity contribution < 1.29 is 9.66 Å². The number of nitrogens with two attached hydrogens (primary N) is 1. The van der Waals surface area contributed by atoms with E-state index in [-0.39, 0.29) is 17.8 Å². The number of nitrogens with zero attached hydrogens (tertiary/aromatic N) is 2. The highest BCUT2D eigenvalue weighted by atomic mass is 16.6. The lowest BCUT2D eigenvalue weighted by atomic mass is 10.1. The number of nitro groups is 1. The van der Waals surface area contributed by atoms with Crippen LogP contribution in [0.2, 0.25) is 0 Å². The molecule has 18 heavy (non-hydrogen) atoms. The third-order valence-electron chi connectivity index (χ3n) is 2.78. The zero-order valence-electron chi connectivity index (χ0n) is 10.5. The van der Waals surface area contributed by atoms with Gasteiger partial charge in [-0.05, 0) is 19.9 Å². The van der Waals surface area contributed by atoms with Crippen molar-refractivity contribution in [1.29, 1.82) is 0 Å². The predicted octanol–water partition coefficient (Wildman–Crippen LogP) is 1.53. The monoisotopic (exact) mass is 251 g/mol. The van der Waals surface area contributed by atoms with Gasteiger partial charge in [-0.25, -0.2) is 0 Å². The van der Waals surface area contributed by atoms with E-state index < -0.39 is 4.92 Å². The van der Waals surface area contributed by atoms with Gasteiger partial charge in [0, 0.05) is 37.0 Å². The Morgan fingerprint density at radius 1 is 1.50 bits per heavy atom. The summed E-state index contributed by atoms with van der Waals surface area (Å²) >= 11 is 0. The Hall–Kier alpha value is -1.82. The molecule has 0 aromatic heterocycles. The van der Waals surface area contributed by atoms with Crippen LogP contribution in [0.4, 0.5) is 11.4 Å². The van der Waals surface area contributed by atoms with E-state index in [0.717, 1.165) is 18.8 Å². The lowest BCUT2D eigenvalue weighted by Gasteiger charge is -2.38. The molecule has 1 aromatic rings. The van der Waals surface area contributed by atoms with Gasteiger partial charge in [-0.15, -0.1) is 0 Å². The van der Waals surface area contributed by atoms with Crippen molar-refractivity contribution >= 4 is 11.4 Å². The summed E-state index contributed by atoms with van der Waals surface area (Å²) in [4.78, 5) is 12.6. The standard InChI is InChI=1S/C12H17N3O3/c1-8(2)18-12-5-10(14-6-9(13)7-14)3-4-11(12)15(16)17/h3-5,8-9H,6-7,13H2,1-2H3. The molecule has 1 aliphatic heterocycles. The number of benzene rings is 1. The minimum absolute atomic E-state index is 0.00253. The number of hydrogen-bond donors (Lipinski definition) is 1. The molecule has 0 aliphatic carbocycles. The van der Waals surface area contributed by atoms with Crippen LogP contribution in [-0.2, 0) is 0 Å². The highest BCUT2D eigenvalue weighted by Gasteiger charge is 2.25. The fourth-order valence-electron chi connectivity index (χ4n) is 1.92. The van der Waals surface area contributed by atoms with Crippen LogP contribution >= 0.6 is 0 Å². The van der Waals surface area contributed by atoms with Gasteiger partial charge in [0.25, 0.3) is 0 Å². The van der Waals surface area contributed by atoms with Gasteiger partial charge < -0.3 is 15.4 Å². The number of anilines is 1. The highest BCUT2D eigenvalue weighted by Crippen LogP contribution is 2.33. The van der Waals surface area contributed by atoms with Crippen LogP contribution in [0, 0.1) is 10.1 Å². The van der Waals surface area contributed by atoms with Crippen LogP contribution in [0.3, 0.4) is 0 Å². The van der Waals surface area contributed by atoms with Gasteiger partial charge in [-0.1, -0.05) is 0 Å².